The van der Waals surface area contributed by atoms with Gasteiger partial charge in [0.1, 0.15) is 6.20 Å². The minimum absolute atomic E-state index is 0.229. The summed E-state index contributed by atoms with van der Waals surface area (Å²) in [5.41, 5.74) is 0. The number of nitrogens with zero attached hydrogens (tertiary/aromatic N) is 3. The number of rotatable bonds is 0. The molecular weight excluding hydrogens is 135 g/mol. The van der Waals surface area contributed by atoms with Gasteiger partial charge in [-0.05, 0) is 0 Å². The van der Waals surface area contributed by atoms with Crippen LogP contribution in [0.4, 0.5) is 13.2 Å². The summed E-state index contributed by atoms with van der Waals surface area (Å²) in [6.45, 7) is 0. The van der Waals surface area contributed by atoms with Crippen LogP contribution in [0.15, 0.2) is 6.20 Å². The summed E-state index contributed by atoms with van der Waals surface area (Å²) in [6.07, 6.45) is -1.94. The molecule has 0 aliphatic heterocycles. The summed E-state index contributed by atoms with van der Waals surface area (Å²) < 4.78 is 34.2. The molecule has 0 saturated carbocycles. The molecule has 1 radical (unpaired) electrons. The van der Waals surface area contributed by atoms with Gasteiger partial charge < -0.3 is 0 Å². The molecule has 49 valence electrons. The van der Waals surface area contributed by atoms with Crippen LogP contribution in [0.1, 0.15) is 0 Å². The van der Waals surface area contributed by atoms with Crippen LogP contribution in [0.2, 0.25) is 0 Å². The molecule has 0 aliphatic rings. The van der Waals surface area contributed by atoms with Gasteiger partial charge in [0.05, 0.1) is 6.20 Å². The van der Waals surface area contributed by atoms with Crippen molar-refractivity contribution in [3.63, 3.8) is 0 Å². The van der Waals surface area contributed by atoms with Gasteiger partial charge in [-0.25, -0.2) is 0 Å². The summed E-state index contributed by atoms with van der Waals surface area (Å²) in [5.74, 6) is 0. The van der Waals surface area contributed by atoms with Gasteiger partial charge in [0.15, 0.2) is 0 Å². The fourth-order valence-electron chi connectivity index (χ4n) is 0.304. The van der Waals surface area contributed by atoms with E-state index in [4.69, 9.17) is 0 Å². The first kappa shape index (κ1) is 6.06. The van der Waals surface area contributed by atoms with Crippen molar-refractivity contribution in [2.45, 2.75) is 6.30 Å². The molecular formula is C3HF3N3. The van der Waals surface area contributed by atoms with Crippen molar-refractivity contribution in [2.75, 3.05) is 0 Å². The van der Waals surface area contributed by atoms with Crippen molar-refractivity contribution < 1.29 is 13.2 Å². The third-order valence-corrected chi connectivity index (χ3v) is 0.639. The molecule has 0 amide bonds. The standard InChI is InChI=1S/C3HF3N3/c4-3(5,6)9-2-1-7-8-9/h2H. The lowest BCUT2D eigenvalue weighted by Crippen LogP contribution is -2.16. The van der Waals surface area contributed by atoms with Gasteiger partial charge in [0.2, 0.25) is 0 Å². The van der Waals surface area contributed by atoms with Gasteiger partial charge >= 0.3 is 6.30 Å². The van der Waals surface area contributed by atoms with Crippen LogP contribution in [0.25, 0.3) is 0 Å². The normalized spacial score (nSPS) is 11.9. The van der Waals surface area contributed by atoms with Crippen LogP contribution in [0, 0.1) is 6.20 Å². The Bertz CT molecular complexity index is 177. The lowest BCUT2D eigenvalue weighted by atomic mass is 10.9. The Balaban J connectivity index is 2.90. The van der Waals surface area contributed by atoms with E-state index in [1.165, 1.54) is 0 Å². The van der Waals surface area contributed by atoms with Crippen LogP contribution >= 0.6 is 0 Å². The Kier molecular flexibility index (Phi) is 1.15. The zero-order valence-corrected chi connectivity index (χ0v) is 4.05. The predicted molar refractivity (Wildman–Crippen MR) is 20.2 cm³/mol. The highest BCUT2D eigenvalue weighted by Crippen LogP contribution is 2.18. The molecule has 0 spiro atoms. The van der Waals surface area contributed by atoms with E-state index in [0.29, 0.717) is 6.20 Å². The van der Waals surface area contributed by atoms with E-state index in [9.17, 15) is 13.2 Å². The summed E-state index contributed by atoms with van der Waals surface area (Å²) >= 11 is 0. The monoisotopic (exact) mass is 136 g/mol. The van der Waals surface area contributed by atoms with Gasteiger partial charge in [-0.2, -0.15) is 4.68 Å². The first-order valence-corrected chi connectivity index (χ1v) is 1.96. The molecule has 0 fully saturated rings. The summed E-state index contributed by atoms with van der Waals surface area (Å²) in [4.78, 5) is 0. The van der Waals surface area contributed by atoms with Crippen molar-refractivity contribution >= 4 is 0 Å². The second-order valence-electron chi connectivity index (χ2n) is 1.26. The van der Waals surface area contributed by atoms with E-state index in [2.05, 4.69) is 10.3 Å². The molecule has 0 bridgehead atoms. The first-order valence-electron chi connectivity index (χ1n) is 1.96. The molecule has 0 unspecified atom stereocenters. The third kappa shape index (κ3) is 1.18. The minimum Gasteiger partial charge on any atom is -0.158 e. The molecule has 0 aliphatic carbocycles. The Morgan fingerprint density at radius 1 is 1.44 bits per heavy atom. The van der Waals surface area contributed by atoms with Crippen molar-refractivity contribution in [2.24, 2.45) is 0 Å². The Morgan fingerprint density at radius 3 is 2.33 bits per heavy atom. The predicted octanol–water partition coefficient (Wildman–Crippen LogP) is 0.555. The van der Waals surface area contributed by atoms with Gasteiger partial charge in [0.25, 0.3) is 0 Å². The van der Waals surface area contributed by atoms with Crippen LogP contribution in [0.5, 0.6) is 0 Å². The SMILES string of the molecule is FC(F)(F)n1c[c]nn1. The highest BCUT2D eigenvalue weighted by molar-refractivity contribution is 4.62. The fraction of sp³-hybridized carbons (Fsp3) is 0.333. The highest BCUT2D eigenvalue weighted by Gasteiger charge is 2.31. The molecule has 0 N–H and O–H groups in total. The molecule has 0 saturated heterocycles. The van der Waals surface area contributed by atoms with Gasteiger partial charge in [-0.1, -0.05) is 5.21 Å². The Morgan fingerprint density at radius 2 is 2.11 bits per heavy atom. The van der Waals surface area contributed by atoms with Crippen molar-refractivity contribution in [3.8, 4) is 0 Å². The van der Waals surface area contributed by atoms with Crippen LogP contribution in [0.3, 0.4) is 0 Å². The Hall–Kier alpha value is -1.07. The molecule has 3 nitrogen and oxygen atoms in total. The minimum atomic E-state index is -4.47. The van der Waals surface area contributed by atoms with Gasteiger partial charge in [-0.3, -0.25) is 0 Å². The van der Waals surface area contributed by atoms with Crippen molar-refractivity contribution in [1.29, 1.82) is 0 Å². The summed E-state index contributed by atoms with van der Waals surface area (Å²) in [6, 6.07) is 0. The number of hydrogen-bond donors (Lipinski definition) is 0. The molecule has 0 atom stereocenters. The van der Waals surface area contributed by atoms with E-state index in [-0.39, 0.29) is 4.68 Å². The maximum atomic E-state index is 11.5. The van der Waals surface area contributed by atoms with Crippen LogP contribution < -0.4 is 0 Å². The number of aromatic nitrogens is 3. The van der Waals surface area contributed by atoms with Gasteiger partial charge in [-0.15, -0.1) is 18.3 Å². The average Bonchev–Trinajstić information content (AvgIpc) is 2.08. The lowest BCUT2D eigenvalue weighted by molar-refractivity contribution is -0.213. The van der Waals surface area contributed by atoms with E-state index < -0.39 is 6.30 Å². The van der Waals surface area contributed by atoms with E-state index in [1.807, 2.05) is 6.20 Å². The smallest absolute Gasteiger partial charge is 0.158 e. The molecule has 1 rings (SSSR count). The van der Waals surface area contributed by atoms with E-state index >= 15 is 0 Å². The number of halogens is 3. The lowest BCUT2D eigenvalue weighted by Gasteiger charge is -2.01. The van der Waals surface area contributed by atoms with Crippen molar-refractivity contribution in [3.05, 3.63) is 12.4 Å². The molecule has 9 heavy (non-hydrogen) atoms. The molecule has 0 aromatic carbocycles. The fourth-order valence-corrected chi connectivity index (χ4v) is 0.304. The van der Waals surface area contributed by atoms with Gasteiger partial charge in [0, 0.05) is 0 Å². The second kappa shape index (κ2) is 1.71. The summed E-state index contributed by atoms with van der Waals surface area (Å²) in [5, 5.41) is 5.53. The first-order chi connectivity index (χ1) is 4.11. The zero-order chi connectivity index (χ0) is 6.91. The topological polar surface area (TPSA) is 30.7 Å². The van der Waals surface area contributed by atoms with E-state index in [1.54, 1.807) is 0 Å². The quantitative estimate of drug-likeness (QED) is 0.521. The van der Waals surface area contributed by atoms with Crippen LogP contribution in [-0.4, -0.2) is 15.0 Å². The number of hydrogen-bond acceptors (Lipinski definition) is 2. The van der Waals surface area contributed by atoms with Crippen LogP contribution in [-0.2, 0) is 6.30 Å². The van der Waals surface area contributed by atoms with Crippen molar-refractivity contribution in [1.82, 2.24) is 15.0 Å². The van der Waals surface area contributed by atoms with E-state index in [0.717, 1.165) is 0 Å². The maximum absolute atomic E-state index is 11.5. The summed E-state index contributed by atoms with van der Waals surface area (Å²) in [7, 11) is 0. The maximum Gasteiger partial charge on any atom is 0.505 e. The third-order valence-electron chi connectivity index (χ3n) is 0.639. The zero-order valence-electron chi connectivity index (χ0n) is 4.05. The number of alkyl halides is 3. The second-order valence-corrected chi connectivity index (χ2v) is 1.26. The highest BCUT2D eigenvalue weighted by atomic mass is 19.4. The molecule has 1 heterocycles. The largest absolute Gasteiger partial charge is 0.505 e. The Labute approximate surface area is 48.1 Å². The average molecular weight is 136 g/mol. The molecule has 1 aromatic heterocycles. The molecule has 6 heteroatoms. The molecule has 1 aromatic rings.